The van der Waals surface area contributed by atoms with Gasteiger partial charge in [-0.2, -0.15) is 8.78 Å². The van der Waals surface area contributed by atoms with E-state index in [0.29, 0.717) is 11.3 Å². The van der Waals surface area contributed by atoms with Crippen molar-refractivity contribution in [3.63, 3.8) is 0 Å². The van der Waals surface area contributed by atoms with Crippen molar-refractivity contribution in [3.8, 4) is 11.5 Å². The summed E-state index contributed by atoms with van der Waals surface area (Å²) in [4.78, 5) is 24.0. The number of nitrogens with one attached hydrogen (secondary N) is 1. The Bertz CT molecular complexity index is 852. The summed E-state index contributed by atoms with van der Waals surface area (Å²) in [5.41, 5.74) is 1.37. The topological polar surface area (TPSA) is 73.9 Å². The highest BCUT2D eigenvalue weighted by Gasteiger charge is 2.16. The first-order valence-corrected chi connectivity index (χ1v) is 8.72. The SMILES string of the molecule is COc1ccccc1CNC(=O)[C@@H](C)OC(=O)/C=C/c1ccc(OC(F)F)cc1. The quantitative estimate of drug-likeness (QED) is 0.510. The third-order valence-corrected chi connectivity index (χ3v) is 3.82. The molecule has 0 bridgehead atoms. The Balaban J connectivity index is 1.83. The summed E-state index contributed by atoms with van der Waals surface area (Å²) >= 11 is 0. The molecular weight excluding hydrogens is 384 g/mol. The standard InChI is InChI=1S/C21H21F2NO5/c1-14(20(26)24-13-16-5-3-4-6-18(16)27-2)28-19(25)12-9-15-7-10-17(11-8-15)29-21(22)23/h3-12,14,21H,13H2,1-2H3,(H,24,26)/b12-9+/t14-/m1/s1. The number of hydrogen-bond donors (Lipinski definition) is 1. The van der Waals surface area contributed by atoms with Gasteiger partial charge in [-0.25, -0.2) is 4.79 Å². The maximum atomic E-state index is 12.1. The van der Waals surface area contributed by atoms with Crippen LogP contribution in [0, 0.1) is 0 Å². The minimum atomic E-state index is -2.90. The molecule has 0 fully saturated rings. The van der Waals surface area contributed by atoms with Gasteiger partial charge >= 0.3 is 12.6 Å². The molecule has 0 saturated carbocycles. The molecule has 2 aromatic rings. The van der Waals surface area contributed by atoms with Crippen molar-refractivity contribution in [2.24, 2.45) is 0 Å². The van der Waals surface area contributed by atoms with E-state index in [1.165, 1.54) is 44.4 Å². The normalized spacial score (nSPS) is 11.9. The zero-order valence-electron chi connectivity index (χ0n) is 15.9. The molecule has 0 aliphatic rings. The number of carbonyl (C=O) groups is 2. The number of para-hydroxylation sites is 1. The molecule has 1 N–H and O–H groups in total. The maximum absolute atomic E-state index is 12.1. The van der Waals surface area contributed by atoms with E-state index in [1.54, 1.807) is 6.07 Å². The number of hydrogen-bond acceptors (Lipinski definition) is 5. The fourth-order valence-corrected chi connectivity index (χ4v) is 2.37. The number of amides is 1. The molecule has 0 aliphatic carbocycles. The van der Waals surface area contributed by atoms with Crippen molar-refractivity contribution in [2.45, 2.75) is 26.2 Å². The minimum absolute atomic E-state index is 0.0140. The highest BCUT2D eigenvalue weighted by Crippen LogP contribution is 2.17. The minimum Gasteiger partial charge on any atom is -0.496 e. The monoisotopic (exact) mass is 405 g/mol. The van der Waals surface area contributed by atoms with Crippen molar-refractivity contribution >= 4 is 18.0 Å². The van der Waals surface area contributed by atoms with E-state index in [1.807, 2.05) is 18.2 Å². The van der Waals surface area contributed by atoms with Gasteiger partial charge in [-0.15, -0.1) is 0 Å². The molecule has 0 heterocycles. The number of esters is 1. The Morgan fingerprint density at radius 2 is 1.79 bits per heavy atom. The van der Waals surface area contributed by atoms with Gasteiger partial charge in [-0.3, -0.25) is 4.79 Å². The van der Waals surface area contributed by atoms with Crippen molar-refractivity contribution < 1.29 is 32.6 Å². The predicted molar refractivity (Wildman–Crippen MR) is 103 cm³/mol. The first kappa shape index (κ1) is 21.9. The Labute approximate surface area is 167 Å². The molecule has 2 aromatic carbocycles. The Morgan fingerprint density at radius 1 is 1.10 bits per heavy atom. The van der Waals surface area contributed by atoms with Crippen LogP contribution in [-0.2, 0) is 20.9 Å². The van der Waals surface area contributed by atoms with Crippen LogP contribution in [0.4, 0.5) is 8.78 Å². The molecule has 8 heteroatoms. The van der Waals surface area contributed by atoms with Gasteiger partial charge in [0.1, 0.15) is 11.5 Å². The maximum Gasteiger partial charge on any atom is 0.387 e. The summed E-state index contributed by atoms with van der Waals surface area (Å²) < 4.78 is 38.7. The van der Waals surface area contributed by atoms with Crippen LogP contribution in [0.25, 0.3) is 6.08 Å². The number of halogens is 2. The van der Waals surface area contributed by atoms with E-state index in [-0.39, 0.29) is 12.3 Å². The lowest BCUT2D eigenvalue weighted by Crippen LogP contribution is -2.35. The molecule has 0 aliphatic heterocycles. The molecular formula is C21H21F2NO5. The van der Waals surface area contributed by atoms with Gasteiger partial charge in [0, 0.05) is 18.2 Å². The summed E-state index contributed by atoms with van der Waals surface area (Å²) in [5.74, 6) is -0.505. The van der Waals surface area contributed by atoms with Crippen molar-refractivity contribution in [3.05, 3.63) is 65.7 Å². The van der Waals surface area contributed by atoms with Gasteiger partial charge < -0.3 is 19.5 Å². The number of carbonyl (C=O) groups excluding carboxylic acids is 2. The van der Waals surface area contributed by atoms with Gasteiger partial charge in [0.2, 0.25) is 0 Å². The summed E-state index contributed by atoms with van der Waals surface area (Å²) in [5, 5.41) is 2.68. The van der Waals surface area contributed by atoms with Gasteiger partial charge in [-0.05, 0) is 36.8 Å². The zero-order valence-corrected chi connectivity index (χ0v) is 15.9. The molecule has 0 aromatic heterocycles. The lowest BCUT2D eigenvalue weighted by Gasteiger charge is -2.13. The largest absolute Gasteiger partial charge is 0.496 e. The lowest BCUT2D eigenvalue weighted by molar-refractivity contribution is -0.150. The summed E-state index contributed by atoms with van der Waals surface area (Å²) in [7, 11) is 1.54. The zero-order chi connectivity index (χ0) is 21.2. The molecule has 0 saturated heterocycles. The molecule has 29 heavy (non-hydrogen) atoms. The number of benzene rings is 2. The van der Waals surface area contributed by atoms with E-state index in [4.69, 9.17) is 9.47 Å². The molecule has 0 radical (unpaired) electrons. The van der Waals surface area contributed by atoms with Crippen LogP contribution in [0.15, 0.2) is 54.6 Å². The number of rotatable bonds is 9. The van der Waals surface area contributed by atoms with E-state index in [0.717, 1.165) is 11.6 Å². The molecule has 2 rings (SSSR count). The van der Waals surface area contributed by atoms with Crippen molar-refractivity contribution in [1.29, 1.82) is 0 Å². The number of ether oxygens (including phenoxy) is 3. The molecule has 0 unspecified atom stereocenters. The molecule has 1 atom stereocenters. The highest BCUT2D eigenvalue weighted by molar-refractivity contribution is 5.90. The number of methoxy groups -OCH3 is 1. The van der Waals surface area contributed by atoms with Crippen molar-refractivity contribution in [2.75, 3.05) is 7.11 Å². The smallest absolute Gasteiger partial charge is 0.387 e. The highest BCUT2D eigenvalue weighted by atomic mass is 19.3. The average Bonchev–Trinajstić information content (AvgIpc) is 2.71. The lowest BCUT2D eigenvalue weighted by atomic mass is 10.2. The second-order valence-corrected chi connectivity index (χ2v) is 5.89. The fraction of sp³-hybridized carbons (Fsp3) is 0.238. The Hall–Kier alpha value is -3.42. The average molecular weight is 405 g/mol. The van der Waals surface area contributed by atoms with Crippen LogP contribution in [0.3, 0.4) is 0 Å². The van der Waals surface area contributed by atoms with Gasteiger partial charge in [-0.1, -0.05) is 30.3 Å². The van der Waals surface area contributed by atoms with Crippen LogP contribution < -0.4 is 14.8 Å². The molecule has 1 amide bonds. The first-order chi connectivity index (χ1) is 13.9. The van der Waals surface area contributed by atoms with Crippen molar-refractivity contribution in [1.82, 2.24) is 5.32 Å². The molecule has 0 spiro atoms. The van der Waals surface area contributed by atoms with E-state index in [9.17, 15) is 18.4 Å². The van der Waals surface area contributed by atoms with E-state index < -0.39 is 24.6 Å². The van der Waals surface area contributed by atoms with E-state index in [2.05, 4.69) is 10.1 Å². The van der Waals surface area contributed by atoms with Crippen LogP contribution in [-0.4, -0.2) is 31.7 Å². The van der Waals surface area contributed by atoms with Crippen LogP contribution in [0.2, 0.25) is 0 Å². The van der Waals surface area contributed by atoms with Gasteiger partial charge in [0.25, 0.3) is 5.91 Å². The second-order valence-electron chi connectivity index (χ2n) is 5.89. The summed E-state index contributed by atoms with van der Waals surface area (Å²) in [6, 6.07) is 13.0. The van der Waals surface area contributed by atoms with Crippen LogP contribution in [0.5, 0.6) is 11.5 Å². The third kappa shape index (κ3) is 7.25. The van der Waals surface area contributed by atoms with E-state index >= 15 is 0 Å². The number of alkyl halides is 2. The predicted octanol–water partition coefficient (Wildman–Crippen LogP) is 3.56. The third-order valence-electron chi connectivity index (χ3n) is 3.82. The summed E-state index contributed by atoms with van der Waals surface area (Å²) in [6.45, 7) is -1.21. The fourth-order valence-electron chi connectivity index (χ4n) is 2.37. The molecule has 154 valence electrons. The second kappa shape index (κ2) is 10.8. The van der Waals surface area contributed by atoms with Crippen LogP contribution >= 0.6 is 0 Å². The van der Waals surface area contributed by atoms with Gasteiger partial charge in [0.05, 0.1) is 7.11 Å². The first-order valence-electron chi connectivity index (χ1n) is 8.72. The van der Waals surface area contributed by atoms with Crippen LogP contribution in [0.1, 0.15) is 18.1 Å². The van der Waals surface area contributed by atoms with Gasteiger partial charge in [0.15, 0.2) is 6.10 Å². The summed E-state index contributed by atoms with van der Waals surface area (Å²) in [6.07, 6.45) is 1.59. The Kier molecular flexibility index (Phi) is 8.14. The Morgan fingerprint density at radius 3 is 2.45 bits per heavy atom. The molecule has 6 nitrogen and oxygen atoms in total.